The summed E-state index contributed by atoms with van der Waals surface area (Å²) in [4.78, 5) is 0. The van der Waals surface area contributed by atoms with E-state index < -0.39 is 0 Å². The van der Waals surface area contributed by atoms with Crippen LogP contribution in [0.3, 0.4) is 0 Å². The molecule has 1 unspecified atom stereocenters. The molecule has 0 N–H and O–H groups in total. The Balaban J connectivity index is 2.70. The van der Waals surface area contributed by atoms with Crippen molar-refractivity contribution in [2.24, 2.45) is 5.92 Å². The zero-order valence-corrected chi connectivity index (χ0v) is 10.5. The first-order valence-electron chi connectivity index (χ1n) is 6.06. The molecular formula is C15H24. The highest BCUT2D eigenvalue weighted by atomic mass is 14.1. The van der Waals surface area contributed by atoms with Crippen molar-refractivity contribution in [3.8, 4) is 0 Å². The van der Waals surface area contributed by atoms with E-state index in [1.54, 1.807) is 5.57 Å². The minimum absolute atomic E-state index is 0.682. The molecule has 0 saturated heterocycles. The maximum atomic E-state index is 4.11. The van der Waals surface area contributed by atoms with E-state index in [1.807, 2.05) is 0 Å². The lowest BCUT2D eigenvalue weighted by Gasteiger charge is -2.17. The number of allylic oxidation sites excluding steroid dienone is 5. The predicted molar refractivity (Wildman–Crippen MR) is 68.9 cm³/mol. The second-order valence-corrected chi connectivity index (χ2v) is 4.96. The summed E-state index contributed by atoms with van der Waals surface area (Å²) in [6.45, 7) is 10.8. The molecule has 0 fully saturated rings. The van der Waals surface area contributed by atoms with Crippen molar-refractivity contribution in [2.75, 3.05) is 0 Å². The zero-order valence-electron chi connectivity index (χ0n) is 10.5. The molecule has 15 heavy (non-hydrogen) atoms. The normalized spacial score (nSPS) is 31.0. The van der Waals surface area contributed by atoms with E-state index in [1.165, 1.54) is 43.3 Å². The van der Waals surface area contributed by atoms with Gasteiger partial charge in [0.25, 0.3) is 0 Å². The molecule has 84 valence electrons. The molecule has 0 amide bonds. The van der Waals surface area contributed by atoms with Gasteiger partial charge < -0.3 is 0 Å². The Morgan fingerprint density at radius 3 is 2.53 bits per heavy atom. The van der Waals surface area contributed by atoms with Crippen LogP contribution in [0.15, 0.2) is 35.5 Å². The molecule has 0 aromatic carbocycles. The van der Waals surface area contributed by atoms with Gasteiger partial charge in [-0.3, -0.25) is 0 Å². The first-order chi connectivity index (χ1) is 7.09. The van der Waals surface area contributed by atoms with Gasteiger partial charge in [-0.2, -0.15) is 0 Å². The molecule has 0 heterocycles. The maximum Gasteiger partial charge on any atom is -0.0171 e. The van der Waals surface area contributed by atoms with Crippen LogP contribution in [-0.4, -0.2) is 0 Å². The van der Waals surface area contributed by atoms with Crippen molar-refractivity contribution in [2.45, 2.75) is 52.9 Å². The SMILES string of the molecule is C=C(C)C1C/C=C(/C)CC/C=C(\C)CC1. The van der Waals surface area contributed by atoms with E-state index in [0.717, 1.165) is 0 Å². The lowest BCUT2D eigenvalue weighted by atomic mass is 9.89. The molecule has 1 aliphatic rings. The van der Waals surface area contributed by atoms with E-state index in [0.29, 0.717) is 5.92 Å². The molecule has 0 saturated carbocycles. The summed E-state index contributed by atoms with van der Waals surface area (Å²) >= 11 is 0. The van der Waals surface area contributed by atoms with E-state index in [-0.39, 0.29) is 0 Å². The van der Waals surface area contributed by atoms with Crippen molar-refractivity contribution in [3.05, 3.63) is 35.5 Å². The van der Waals surface area contributed by atoms with Crippen molar-refractivity contribution in [1.29, 1.82) is 0 Å². The predicted octanol–water partition coefficient (Wildman–Crippen LogP) is 5.04. The van der Waals surface area contributed by atoms with E-state index in [9.17, 15) is 0 Å². The maximum absolute atomic E-state index is 4.11. The van der Waals surface area contributed by atoms with Gasteiger partial charge in [-0.15, -0.1) is 0 Å². The average Bonchev–Trinajstić information content (AvgIpc) is 2.16. The Hall–Kier alpha value is -0.780. The summed E-state index contributed by atoms with van der Waals surface area (Å²) in [6, 6.07) is 0. The Morgan fingerprint density at radius 2 is 1.87 bits per heavy atom. The first kappa shape index (κ1) is 12.3. The molecule has 0 bridgehead atoms. The van der Waals surface area contributed by atoms with Crippen LogP contribution >= 0.6 is 0 Å². The van der Waals surface area contributed by atoms with Crippen LogP contribution in [0.25, 0.3) is 0 Å². The van der Waals surface area contributed by atoms with Gasteiger partial charge in [0.1, 0.15) is 0 Å². The van der Waals surface area contributed by atoms with Gasteiger partial charge in [-0.05, 0) is 58.8 Å². The van der Waals surface area contributed by atoms with Gasteiger partial charge in [-0.1, -0.05) is 35.5 Å². The summed E-state index contributed by atoms with van der Waals surface area (Å²) in [5.74, 6) is 0.682. The van der Waals surface area contributed by atoms with Gasteiger partial charge >= 0.3 is 0 Å². The Morgan fingerprint density at radius 1 is 1.20 bits per heavy atom. The number of hydrogen-bond acceptors (Lipinski definition) is 0. The third-order valence-corrected chi connectivity index (χ3v) is 3.37. The van der Waals surface area contributed by atoms with Crippen LogP contribution in [-0.2, 0) is 0 Å². The van der Waals surface area contributed by atoms with Gasteiger partial charge in [0, 0.05) is 0 Å². The summed E-state index contributed by atoms with van der Waals surface area (Å²) in [7, 11) is 0. The first-order valence-corrected chi connectivity index (χ1v) is 6.06. The van der Waals surface area contributed by atoms with Crippen molar-refractivity contribution < 1.29 is 0 Å². The number of hydrogen-bond donors (Lipinski definition) is 0. The van der Waals surface area contributed by atoms with Crippen LogP contribution in [0.2, 0.25) is 0 Å². The molecule has 1 atom stereocenters. The topological polar surface area (TPSA) is 0 Å². The lowest BCUT2D eigenvalue weighted by molar-refractivity contribution is 0.562. The minimum atomic E-state index is 0.682. The smallest absolute Gasteiger partial charge is 0.0171 e. The highest BCUT2D eigenvalue weighted by Gasteiger charge is 2.09. The van der Waals surface area contributed by atoms with Crippen LogP contribution in [0, 0.1) is 5.92 Å². The Kier molecular flexibility index (Phi) is 4.87. The largest absolute Gasteiger partial charge is 0.0998 e. The third kappa shape index (κ3) is 4.51. The van der Waals surface area contributed by atoms with Crippen molar-refractivity contribution in [1.82, 2.24) is 0 Å². The summed E-state index contributed by atoms with van der Waals surface area (Å²) in [6.07, 6.45) is 10.9. The third-order valence-electron chi connectivity index (χ3n) is 3.37. The quantitative estimate of drug-likeness (QED) is 0.525. The summed E-state index contributed by atoms with van der Waals surface area (Å²) in [5, 5.41) is 0. The van der Waals surface area contributed by atoms with Crippen molar-refractivity contribution >= 4 is 0 Å². The fraction of sp³-hybridized carbons (Fsp3) is 0.600. The van der Waals surface area contributed by atoms with Gasteiger partial charge in [-0.25, -0.2) is 0 Å². The summed E-state index contributed by atoms with van der Waals surface area (Å²) in [5.41, 5.74) is 4.43. The van der Waals surface area contributed by atoms with E-state index >= 15 is 0 Å². The van der Waals surface area contributed by atoms with Crippen molar-refractivity contribution in [3.63, 3.8) is 0 Å². The minimum Gasteiger partial charge on any atom is -0.0998 e. The van der Waals surface area contributed by atoms with Crippen LogP contribution in [0.4, 0.5) is 0 Å². The lowest BCUT2D eigenvalue weighted by Crippen LogP contribution is -2.02. The summed E-state index contributed by atoms with van der Waals surface area (Å²) < 4.78 is 0. The van der Waals surface area contributed by atoms with E-state index in [2.05, 4.69) is 39.5 Å². The second kappa shape index (κ2) is 5.95. The fourth-order valence-corrected chi connectivity index (χ4v) is 2.06. The van der Waals surface area contributed by atoms with Gasteiger partial charge in [0.15, 0.2) is 0 Å². The molecule has 0 spiro atoms. The zero-order chi connectivity index (χ0) is 11.3. The highest BCUT2D eigenvalue weighted by Crippen LogP contribution is 2.25. The Bertz CT molecular complexity index is 278. The molecular weight excluding hydrogens is 180 g/mol. The highest BCUT2D eigenvalue weighted by molar-refractivity contribution is 5.09. The number of rotatable bonds is 1. The van der Waals surface area contributed by atoms with Crippen LogP contribution in [0.1, 0.15) is 52.9 Å². The molecule has 1 aliphatic carbocycles. The van der Waals surface area contributed by atoms with Crippen LogP contribution in [0.5, 0.6) is 0 Å². The molecule has 0 nitrogen and oxygen atoms in total. The molecule has 0 aromatic heterocycles. The average molecular weight is 204 g/mol. The Labute approximate surface area is 94.8 Å². The monoisotopic (exact) mass is 204 g/mol. The molecule has 0 aliphatic heterocycles. The van der Waals surface area contributed by atoms with Gasteiger partial charge in [0.05, 0.1) is 0 Å². The van der Waals surface area contributed by atoms with Crippen LogP contribution < -0.4 is 0 Å². The molecule has 0 aromatic rings. The molecule has 0 heteroatoms. The van der Waals surface area contributed by atoms with Gasteiger partial charge in [0.2, 0.25) is 0 Å². The fourth-order valence-electron chi connectivity index (χ4n) is 2.06. The molecule has 0 radical (unpaired) electrons. The molecule has 1 rings (SSSR count). The standard InChI is InChI=1S/C15H24/c1-12(2)15-10-8-13(3)6-5-7-14(4)9-11-15/h6,9,15H,1,5,7-8,10-11H2,2-4H3/b13-6+,14-9-. The second-order valence-electron chi connectivity index (χ2n) is 4.96. The van der Waals surface area contributed by atoms with E-state index in [4.69, 9.17) is 0 Å².